The molecule has 1 fully saturated rings. The van der Waals surface area contributed by atoms with E-state index in [1.807, 2.05) is 12.1 Å². The van der Waals surface area contributed by atoms with Crippen molar-refractivity contribution in [3.63, 3.8) is 0 Å². The van der Waals surface area contributed by atoms with Crippen molar-refractivity contribution < 1.29 is 14.7 Å². The Morgan fingerprint density at radius 3 is 2.74 bits per heavy atom. The Hall–Kier alpha value is -1.91. The molecule has 5 nitrogen and oxygen atoms in total. The van der Waals surface area contributed by atoms with E-state index in [0.29, 0.717) is 19.5 Å². The van der Waals surface area contributed by atoms with Crippen LogP contribution in [-0.4, -0.2) is 40.0 Å². The number of carbonyl (C=O) groups is 2. The van der Waals surface area contributed by atoms with E-state index in [4.69, 9.17) is 0 Å². The second kappa shape index (κ2) is 5.38. The third-order valence-electron chi connectivity index (χ3n) is 3.73. The molecule has 0 bridgehead atoms. The lowest BCUT2D eigenvalue weighted by atomic mass is 9.75. The summed E-state index contributed by atoms with van der Waals surface area (Å²) in [6.07, 6.45) is 5.74. The molecule has 2 heterocycles. The number of hydrogen-bond donors (Lipinski definition) is 1. The van der Waals surface area contributed by atoms with E-state index in [1.165, 1.54) is 6.92 Å². The number of carbonyl (C=O) groups excluding carboxylic acids is 1. The zero-order chi connectivity index (χ0) is 13.9. The zero-order valence-corrected chi connectivity index (χ0v) is 11.0. The van der Waals surface area contributed by atoms with Crippen LogP contribution in [-0.2, 0) is 16.0 Å². The van der Waals surface area contributed by atoms with Gasteiger partial charge in [0, 0.05) is 32.4 Å². The number of aryl methyl sites for hydroxylation is 1. The average Bonchev–Trinajstić information content (AvgIpc) is 2.32. The number of hydrogen-bond acceptors (Lipinski definition) is 3. The summed E-state index contributed by atoms with van der Waals surface area (Å²) in [4.78, 5) is 28.1. The van der Waals surface area contributed by atoms with Crippen molar-refractivity contribution in [2.24, 2.45) is 5.41 Å². The molecule has 0 spiro atoms. The summed E-state index contributed by atoms with van der Waals surface area (Å²) in [7, 11) is 0. The number of nitrogens with zero attached hydrogens (tertiary/aromatic N) is 2. The largest absolute Gasteiger partial charge is 0.481 e. The predicted octanol–water partition coefficient (Wildman–Crippen LogP) is 1.34. The molecule has 5 heteroatoms. The maximum Gasteiger partial charge on any atom is 0.313 e. The van der Waals surface area contributed by atoms with Crippen LogP contribution in [0.1, 0.15) is 25.3 Å². The smallest absolute Gasteiger partial charge is 0.313 e. The predicted molar refractivity (Wildman–Crippen MR) is 69.5 cm³/mol. The molecule has 0 atom stereocenters. The van der Waals surface area contributed by atoms with Crippen LogP contribution in [0.3, 0.4) is 0 Å². The number of rotatable bonds is 5. The molecule has 1 aliphatic heterocycles. The number of aliphatic carboxylic acids is 1. The molecule has 0 aliphatic carbocycles. The van der Waals surface area contributed by atoms with Gasteiger partial charge in [-0.2, -0.15) is 0 Å². The summed E-state index contributed by atoms with van der Waals surface area (Å²) in [6, 6.07) is 3.87. The second-order valence-corrected chi connectivity index (χ2v) is 5.18. The van der Waals surface area contributed by atoms with Crippen molar-refractivity contribution in [3.8, 4) is 0 Å². The van der Waals surface area contributed by atoms with Gasteiger partial charge in [-0.3, -0.25) is 14.6 Å². The van der Waals surface area contributed by atoms with E-state index in [2.05, 4.69) is 4.98 Å². The Kier molecular flexibility index (Phi) is 3.83. The van der Waals surface area contributed by atoms with Crippen molar-refractivity contribution in [2.75, 3.05) is 13.1 Å². The molecule has 1 N–H and O–H groups in total. The standard InChI is InChI=1S/C14H18N2O3/c1-11(17)16-9-14(10-16,13(18)19)6-2-4-12-5-3-7-15-8-12/h3,5,7-8H,2,4,6,9-10H2,1H3,(H,18,19). The maximum absolute atomic E-state index is 11.4. The molecule has 0 aromatic carbocycles. The van der Waals surface area contributed by atoms with Crippen molar-refractivity contribution in [1.82, 2.24) is 9.88 Å². The average molecular weight is 262 g/mol. The molecule has 0 saturated carbocycles. The van der Waals surface area contributed by atoms with E-state index in [9.17, 15) is 14.7 Å². The second-order valence-electron chi connectivity index (χ2n) is 5.18. The molecular weight excluding hydrogens is 244 g/mol. The van der Waals surface area contributed by atoms with Crippen LogP contribution in [0.25, 0.3) is 0 Å². The van der Waals surface area contributed by atoms with Crippen molar-refractivity contribution in [1.29, 1.82) is 0 Å². The zero-order valence-electron chi connectivity index (χ0n) is 11.0. The first-order valence-corrected chi connectivity index (χ1v) is 6.41. The Labute approximate surface area is 112 Å². The van der Waals surface area contributed by atoms with Gasteiger partial charge in [-0.1, -0.05) is 6.07 Å². The summed E-state index contributed by atoms with van der Waals surface area (Å²) in [5.41, 5.74) is 0.374. The fraction of sp³-hybridized carbons (Fsp3) is 0.500. The summed E-state index contributed by atoms with van der Waals surface area (Å²) in [6.45, 7) is 2.15. The lowest BCUT2D eigenvalue weighted by Gasteiger charge is -2.47. The summed E-state index contributed by atoms with van der Waals surface area (Å²) >= 11 is 0. The van der Waals surface area contributed by atoms with Gasteiger partial charge in [0.2, 0.25) is 5.91 Å². The van der Waals surface area contributed by atoms with Gasteiger partial charge >= 0.3 is 5.97 Å². The van der Waals surface area contributed by atoms with Gasteiger partial charge in [0.1, 0.15) is 5.41 Å². The van der Waals surface area contributed by atoms with Gasteiger partial charge in [-0.05, 0) is 30.9 Å². The minimum atomic E-state index is -0.795. The van der Waals surface area contributed by atoms with Crippen molar-refractivity contribution >= 4 is 11.9 Å². The first-order valence-electron chi connectivity index (χ1n) is 6.41. The summed E-state index contributed by atoms with van der Waals surface area (Å²) in [5, 5.41) is 9.33. The molecule has 102 valence electrons. The highest BCUT2D eigenvalue weighted by Gasteiger charge is 2.49. The molecule has 19 heavy (non-hydrogen) atoms. The molecule has 0 unspecified atom stereocenters. The van der Waals surface area contributed by atoms with E-state index in [0.717, 1.165) is 18.4 Å². The topological polar surface area (TPSA) is 70.5 Å². The molecule has 1 aliphatic rings. The Bertz CT molecular complexity index is 467. The van der Waals surface area contributed by atoms with Gasteiger partial charge in [-0.25, -0.2) is 0 Å². The Morgan fingerprint density at radius 1 is 1.47 bits per heavy atom. The van der Waals surface area contributed by atoms with E-state index < -0.39 is 11.4 Å². The van der Waals surface area contributed by atoms with Gasteiger partial charge in [-0.15, -0.1) is 0 Å². The minimum Gasteiger partial charge on any atom is -0.481 e. The molecule has 2 rings (SSSR count). The third-order valence-corrected chi connectivity index (χ3v) is 3.73. The molecule has 1 saturated heterocycles. The SMILES string of the molecule is CC(=O)N1CC(CCCc2cccnc2)(C(=O)O)C1. The first kappa shape index (κ1) is 13.5. The van der Waals surface area contributed by atoms with Gasteiger partial charge in [0.05, 0.1) is 0 Å². The maximum atomic E-state index is 11.4. The highest BCUT2D eigenvalue weighted by molar-refractivity contribution is 5.82. The highest BCUT2D eigenvalue weighted by Crippen LogP contribution is 2.36. The summed E-state index contributed by atoms with van der Waals surface area (Å²) < 4.78 is 0. The van der Waals surface area contributed by atoms with Gasteiger partial charge in [0.15, 0.2) is 0 Å². The number of aromatic nitrogens is 1. The van der Waals surface area contributed by atoms with Crippen LogP contribution in [0.2, 0.25) is 0 Å². The van der Waals surface area contributed by atoms with E-state index in [-0.39, 0.29) is 5.91 Å². The molecule has 1 amide bonds. The van der Waals surface area contributed by atoms with Crippen LogP contribution < -0.4 is 0 Å². The minimum absolute atomic E-state index is 0.0517. The monoisotopic (exact) mass is 262 g/mol. The van der Waals surface area contributed by atoms with Crippen LogP contribution in [0, 0.1) is 5.41 Å². The lowest BCUT2D eigenvalue weighted by Crippen LogP contribution is -2.61. The Balaban J connectivity index is 1.86. The van der Waals surface area contributed by atoms with Crippen molar-refractivity contribution in [2.45, 2.75) is 26.2 Å². The highest BCUT2D eigenvalue weighted by atomic mass is 16.4. The quantitative estimate of drug-likeness (QED) is 0.869. The first-order chi connectivity index (χ1) is 9.03. The van der Waals surface area contributed by atoms with Crippen LogP contribution in [0.4, 0.5) is 0 Å². The van der Waals surface area contributed by atoms with Gasteiger partial charge in [0.25, 0.3) is 0 Å². The Morgan fingerprint density at radius 2 is 2.21 bits per heavy atom. The molecule has 1 aromatic heterocycles. The summed E-state index contributed by atoms with van der Waals surface area (Å²) in [5.74, 6) is -0.847. The number of carboxylic acid groups (broad SMARTS) is 1. The molecule has 0 radical (unpaired) electrons. The van der Waals surface area contributed by atoms with E-state index >= 15 is 0 Å². The van der Waals surface area contributed by atoms with E-state index in [1.54, 1.807) is 17.3 Å². The number of carboxylic acids is 1. The van der Waals surface area contributed by atoms with Crippen LogP contribution in [0.5, 0.6) is 0 Å². The number of amides is 1. The van der Waals surface area contributed by atoms with Gasteiger partial charge < -0.3 is 10.0 Å². The molecular formula is C14H18N2O3. The van der Waals surface area contributed by atoms with Crippen LogP contribution >= 0.6 is 0 Å². The number of likely N-dealkylation sites (tertiary alicyclic amines) is 1. The number of pyridine rings is 1. The third kappa shape index (κ3) is 2.92. The fourth-order valence-corrected chi connectivity index (χ4v) is 2.48. The lowest BCUT2D eigenvalue weighted by molar-refractivity contribution is -0.166. The molecule has 1 aromatic rings. The fourth-order valence-electron chi connectivity index (χ4n) is 2.48. The normalized spacial score (nSPS) is 16.8. The van der Waals surface area contributed by atoms with Crippen LogP contribution in [0.15, 0.2) is 24.5 Å². The van der Waals surface area contributed by atoms with Crippen molar-refractivity contribution in [3.05, 3.63) is 30.1 Å².